The fourth-order valence-corrected chi connectivity index (χ4v) is 7.96. The summed E-state index contributed by atoms with van der Waals surface area (Å²) in [6.07, 6.45) is 0. The Morgan fingerprint density at radius 2 is 1.74 bits per heavy atom. The van der Waals surface area contributed by atoms with Crippen molar-refractivity contribution in [1.82, 2.24) is 0 Å². The van der Waals surface area contributed by atoms with Crippen LogP contribution in [-0.4, -0.2) is 34.9 Å². The summed E-state index contributed by atoms with van der Waals surface area (Å²) in [6, 6.07) is 20.5. The van der Waals surface area contributed by atoms with Gasteiger partial charge in [0.1, 0.15) is 0 Å². The van der Waals surface area contributed by atoms with Crippen LogP contribution in [0, 0.1) is 6.92 Å². The second-order valence-electron chi connectivity index (χ2n) is 4.76. The summed E-state index contributed by atoms with van der Waals surface area (Å²) < 4.78 is 6.36. The average Bonchev–Trinajstić information content (AvgIpc) is 2.98. The second-order valence-corrected chi connectivity index (χ2v) is 10.7. The minimum atomic E-state index is -0.0532. The molecule has 0 bridgehead atoms. The average molecular weight is 423 g/mol. The van der Waals surface area contributed by atoms with Gasteiger partial charge in [0, 0.05) is 0 Å². The molecule has 0 unspecified atom stereocenters. The van der Waals surface area contributed by atoms with Crippen LogP contribution >= 0.6 is 0 Å². The van der Waals surface area contributed by atoms with Gasteiger partial charge in [-0.1, -0.05) is 0 Å². The van der Waals surface area contributed by atoms with Crippen LogP contribution in [0.2, 0.25) is 0 Å². The van der Waals surface area contributed by atoms with Crippen LogP contribution in [0.3, 0.4) is 0 Å². The molecule has 0 saturated carbocycles. The predicted octanol–water partition coefficient (Wildman–Crippen LogP) is 4.08. The Labute approximate surface area is 128 Å². The van der Waals surface area contributed by atoms with Gasteiger partial charge in [-0.25, -0.2) is 0 Å². The van der Waals surface area contributed by atoms with Gasteiger partial charge in [0.25, 0.3) is 0 Å². The van der Waals surface area contributed by atoms with Crippen LogP contribution < -0.4 is 0 Å². The third-order valence-electron chi connectivity index (χ3n) is 3.34. The number of aryl methyl sites for hydroxylation is 1. The number of hydrogen-bond donors (Lipinski definition) is 0. The Bertz CT molecular complexity index is 817. The number of fused-ring (bicyclic) bond motifs is 2. The monoisotopic (exact) mass is 426 g/mol. The van der Waals surface area contributed by atoms with E-state index in [-0.39, 0.29) is 20.4 Å². The third-order valence-corrected chi connectivity index (χ3v) is 8.64. The fourth-order valence-electron chi connectivity index (χ4n) is 2.45. The van der Waals surface area contributed by atoms with Gasteiger partial charge in [-0.15, -0.1) is 0 Å². The van der Waals surface area contributed by atoms with E-state index >= 15 is 0 Å². The van der Waals surface area contributed by atoms with Crippen LogP contribution in [0.5, 0.6) is 0 Å². The summed E-state index contributed by atoms with van der Waals surface area (Å²) in [5, 5.41) is 2.94. The molecule has 0 nitrogen and oxygen atoms in total. The van der Waals surface area contributed by atoms with E-state index in [0.717, 1.165) is 0 Å². The first-order chi connectivity index (χ1) is 9.29. The van der Waals surface area contributed by atoms with E-state index in [4.69, 9.17) is 0 Å². The zero-order valence-corrected chi connectivity index (χ0v) is 14.6. The van der Waals surface area contributed by atoms with E-state index in [1.165, 1.54) is 20.8 Å². The van der Waals surface area contributed by atoms with E-state index in [9.17, 15) is 0 Å². The first kappa shape index (κ1) is 12.0. The molecule has 0 radical (unpaired) electrons. The van der Waals surface area contributed by atoms with Crippen molar-refractivity contribution in [3.8, 4) is 10.0 Å². The molecule has 0 saturated heterocycles. The summed E-state index contributed by atoms with van der Waals surface area (Å²) in [4.78, 5) is 0. The van der Waals surface area contributed by atoms with Gasteiger partial charge in [0.2, 0.25) is 0 Å². The topological polar surface area (TPSA) is 0 Å². The van der Waals surface area contributed by atoms with E-state index in [1.807, 2.05) is 0 Å². The van der Waals surface area contributed by atoms with E-state index in [1.54, 1.807) is 11.2 Å². The Morgan fingerprint density at radius 3 is 2.58 bits per heavy atom. The minimum absolute atomic E-state index is 0.0532. The predicted molar refractivity (Wildman–Crippen MR) is 85.5 cm³/mol. The molecule has 2 heterocycles. The van der Waals surface area contributed by atoms with E-state index in [2.05, 4.69) is 61.5 Å². The van der Waals surface area contributed by atoms with Gasteiger partial charge in [0.15, 0.2) is 0 Å². The standard InChI is InChI=1S/C17H12SeTe/c1-11-7-14-8-13-9-15(12-5-3-2-4-6-12)18-16(13)10-17(14)19-11/h2-10H,1H3. The summed E-state index contributed by atoms with van der Waals surface area (Å²) in [5.74, 6) is 0. The quantitative estimate of drug-likeness (QED) is 0.405. The summed E-state index contributed by atoms with van der Waals surface area (Å²) in [7, 11) is 0. The molecule has 0 fully saturated rings. The van der Waals surface area contributed by atoms with Crippen molar-refractivity contribution in [3.63, 3.8) is 0 Å². The zero-order chi connectivity index (χ0) is 12.8. The van der Waals surface area contributed by atoms with Crippen molar-refractivity contribution in [1.29, 1.82) is 0 Å². The molecule has 0 amide bonds. The maximum atomic E-state index is 2.49. The van der Waals surface area contributed by atoms with Crippen LogP contribution in [-0.2, 0) is 0 Å². The number of rotatable bonds is 1. The van der Waals surface area contributed by atoms with Gasteiger partial charge in [0.05, 0.1) is 0 Å². The maximum absolute atomic E-state index is 2.49. The molecule has 0 spiro atoms. The van der Waals surface area contributed by atoms with Gasteiger partial charge in [-0.3, -0.25) is 0 Å². The van der Waals surface area contributed by atoms with Gasteiger partial charge >= 0.3 is 128 Å². The Morgan fingerprint density at radius 1 is 0.895 bits per heavy atom. The number of benzene rings is 2. The molecule has 0 atom stereocenters. The van der Waals surface area contributed by atoms with Gasteiger partial charge < -0.3 is 0 Å². The Hall–Kier alpha value is -0.771. The van der Waals surface area contributed by atoms with Crippen molar-refractivity contribution >= 4 is 53.4 Å². The van der Waals surface area contributed by atoms with E-state index in [0.29, 0.717) is 14.5 Å². The molecule has 4 aromatic rings. The molecule has 92 valence electrons. The number of hydrogen-bond acceptors (Lipinski definition) is 0. The molecule has 0 aliphatic heterocycles. The molecule has 0 aliphatic carbocycles. The third kappa shape index (κ3) is 2.14. The van der Waals surface area contributed by atoms with Crippen LogP contribution in [0.4, 0.5) is 0 Å². The molecular weight excluding hydrogens is 411 g/mol. The van der Waals surface area contributed by atoms with Gasteiger partial charge in [-0.2, -0.15) is 0 Å². The van der Waals surface area contributed by atoms with Crippen molar-refractivity contribution in [2.75, 3.05) is 0 Å². The normalized spacial score (nSPS) is 11.4. The van der Waals surface area contributed by atoms with Gasteiger partial charge in [-0.05, 0) is 0 Å². The molecule has 2 aromatic carbocycles. The van der Waals surface area contributed by atoms with Crippen LogP contribution in [0.15, 0.2) is 54.6 Å². The molecular formula is C17H12SeTe. The van der Waals surface area contributed by atoms with Crippen LogP contribution in [0.1, 0.15) is 3.58 Å². The molecule has 19 heavy (non-hydrogen) atoms. The Balaban J connectivity index is 1.96. The van der Waals surface area contributed by atoms with E-state index < -0.39 is 0 Å². The molecule has 2 heteroatoms. The fraction of sp³-hybridized carbons (Fsp3) is 0.0588. The second kappa shape index (κ2) is 4.65. The van der Waals surface area contributed by atoms with Crippen molar-refractivity contribution in [3.05, 3.63) is 58.2 Å². The van der Waals surface area contributed by atoms with Crippen molar-refractivity contribution < 1.29 is 0 Å². The summed E-state index contributed by atoms with van der Waals surface area (Å²) >= 11 is 0.428. The first-order valence-electron chi connectivity index (χ1n) is 6.29. The molecule has 2 aromatic heterocycles. The Kier molecular flexibility index (Phi) is 2.94. The van der Waals surface area contributed by atoms with Crippen molar-refractivity contribution in [2.45, 2.75) is 6.92 Å². The SMILES string of the molecule is Cc1cc2cc3cc(-c4ccccc4)[se]c3cc2[te]1. The zero-order valence-electron chi connectivity index (χ0n) is 10.5. The molecule has 0 N–H and O–H groups in total. The van der Waals surface area contributed by atoms with Crippen LogP contribution in [0.25, 0.3) is 28.4 Å². The van der Waals surface area contributed by atoms with Crippen molar-refractivity contribution in [2.24, 2.45) is 0 Å². The first-order valence-corrected chi connectivity index (χ1v) is 10.3. The summed E-state index contributed by atoms with van der Waals surface area (Å²) in [5.41, 5.74) is 1.39. The molecule has 0 aliphatic rings. The summed E-state index contributed by atoms with van der Waals surface area (Å²) in [6.45, 7) is 2.28. The molecule has 4 rings (SSSR count).